The molecule has 0 unspecified atom stereocenters. The Morgan fingerprint density at radius 3 is 2.04 bits per heavy atom. The molecule has 6 heteroatoms. The summed E-state index contributed by atoms with van der Waals surface area (Å²) in [5.41, 5.74) is 0.505. The number of nitrogens with one attached hydrogen (secondary N) is 1. The summed E-state index contributed by atoms with van der Waals surface area (Å²) in [6.45, 7) is 5.01. The molecule has 0 fully saturated rings. The number of hydrogen-bond donors (Lipinski definition) is 1. The largest absolute Gasteiger partial charge is 0.466 e. The highest BCUT2D eigenvalue weighted by Gasteiger charge is 2.30. The van der Waals surface area contributed by atoms with Gasteiger partial charge < -0.3 is 19.6 Å². The number of esters is 1. The molecular formula is C22H31NO5. The van der Waals surface area contributed by atoms with Crippen LogP contribution in [0.3, 0.4) is 0 Å². The van der Waals surface area contributed by atoms with Gasteiger partial charge in [-0.3, -0.25) is 9.59 Å². The van der Waals surface area contributed by atoms with E-state index in [2.05, 4.69) is 5.32 Å². The minimum Gasteiger partial charge on any atom is -0.466 e. The van der Waals surface area contributed by atoms with Gasteiger partial charge in [0.1, 0.15) is 11.6 Å². The fourth-order valence-corrected chi connectivity index (χ4v) is 3.09. The van der Waals surface area contributed by atoms with E-state index in [0.717, 1.165) is 0 Å². The van der Waals surface area contributed by atoms with Crippen molar-refractivity contribution < 1.29 is 23.9 Å². The molecule has 1 amide bonds. The minimum atomic E-state index is -0.557. The Balaban J connectivity index is 2.95. The Kier molecular flexibility index (Phi) is 10.8. The molecule has 1 N–H and O–H groups in total. The zero-order valence-corrected chi connectivity index (χ0v) is 17.0. The van der Waals surface area contributed by atoms with Crippen LogP contribution in [0.5, 0.6) is 0 Å². The van der Waals surface area contributed by atoms with Gasteiger partial charge >= 0.3 is 5.97 Å². The second-order valence-electron chi connectivity index (χ2n) is 6.99. The van der Waals surface area contributed by atoms with Gasteiger partial charge in [0.15, 0.2) is 0 Å². The molecule has 0 aromatic heterocycles. The summed E-state index contributed by atoms with van der Waals surface area (Å²) in [7, 11) is 0. The summed E-state index contributed by atoms with van der Waals surface area (Å²) in [5.74, 6) is -1.08. The van der Waals surface area contributed by atoms with Gasteiger partial charge in [0, 0.05) is 24.4 Å². The van der Waals surface area contributed by atoms with Gasteiger partial charge in [-0.1, -0.05) is 18.2 Å². The zero-order chi connectivity index (χ0) is 20.9. The quantitative estimate of drug-likeness (QED) is 0.522. The van der Waals surface area contributed by atoms with E-state index >= 15 is 0 Å². The monoisotopic (exact) mass is 389 g/mol. The summed E-state index contributed by atoms with van der Waals surface area (Å²) < 4.78 is 5.22. The van der Waals surface area contributed by atoms with Crippen LogP contribution in [0.1, 0.15) is 69.7 Å². The molecule has 1 rings (SSSR count). The topological polar surface area (TPSA) is 89.5 Å². The highest BCUT2D eigenvalue weighted by atomic mass is 16.5. The molecule has 0 spiro atoms. The standard InChI is InChI=1S/C22H31NO5/c1-4-28-22(27)19(14-8-10-16(2)24)20(15-9-11-17(3)25)23-21(26)18-12-6-5-7-13-18/h5-7,12-13,19-20H,4,8-11,14-15H2,1-3H3,(H,23,26)/t19-,20-/m1/s1. The van der Waals surface area contributed by atoms with Crippen LogP contribution >= 0.6 is 0 Å². The van der Waals surface area contributed by atoms with Gasteiger partial charge in [0.25, 0.3) is 5.91 Å². The summed E-state index contributed by atoms with van der Waals surface area (Å²) in [4.78, 5) is 47.8. The van der Waals surface area contributed by atoms with E-state index < -0.39 is 12.0 Å². The third-order valence-corrected chi connectivity index (χ3v) is 4.52. The molecule has 1 aromatic rings. The Hall–Kier alpha value is -2.50. The van der Waals surface area contributed by atoms with E-state index in [1.807, 2.05) is 6.07 Å². The van der Waals surface area contributed by atoms with Crippen molar-refractivity contribution in [3.05, 3.63) is 35.9 Å². The molecule has 28 heavy (non-hydrogen) atoms. The number of amides is 1. The maximum absolute atomic E-state index is 12.6. The normalized spacial score (nSPS) is 12.7. The second kappa shape index (κ2) is 12.8. The van der Waals surface area contributed by atoms with Gasteiger partial charge in [-0.2, -0.15) is 0 Å². The van der Waals surface area contributed by atoms with Crippen LogP contribution in [0.2, 0.25) is 0 Å². The van der Waals surface area contributed by atoms with E-state index in [4.69, 9.17) is 4.74 Å². The van der Waals surface area contributed by atoms with Crippen LogP contribution in [-0.2, 0) is 19.1 Å². The van der Waals surface area contributed by atoms with Gasteiger partial charge in [0.05, 0.1) is 12.5 Å². The zero-order valence-electron chi connectivity index (χ0n) is 17.0. The molecule has 0 heterocycles. The molecule has 0 aliphatic rings. The molecule has 0 bridgehead atoms. The van der Waals surface area contributed by atoms with E-state index in [1.54, 1.807) is 31.2 Å². The van der Waals surface area contributed by atoms with Crippen molar-refractivity contribution in [2.75, 3.05) is 6.61 Å². The van der Waals surface area contributed by atoms with Crippen molar-refractivity contribution >= 4 is 23.4 Å². The summed E-state index contributed by atoms with van der Waals surface area (Å²) in [5, 5.41) is 2.95. The number of ether oxygens (including phenoxy) is 1. The first-order valence-electron chi connectivity index (χ1n) is 9.86. The Bertz CT molecular complexity index is 656. The molecule has 6 nitrogen and oxygen atoms in total. The minimum absolute atomic E-state index is 0.0593. The first-order chi connectivity index (χ1) is 13.3. The van der Waals surface area contributed by atoms with Crippen molar-refractivity contribution in [2.45, 2.75) is 65.3 Å². The van der Waals surface area contributed by atoms with Crippen LogP contribution in [0.4, 0.5) is 0 Å². The lowest BCUT2D eigenvalue weighted by Gasteiger charge is -2.27. The van der Waals surface area contributed by atoms with E-state index in [9.17, 15) is 19.2 Å². The van der Waals surface area contributed by atoms with E-state index in [0.29, 0.717) is 44.1 Å². The van der Waals surface area contributed by atoms with Crippen molar-refractivity contribution in [2.24, 2.45) is 5.92 Å². The molecule has 0 radical (unpaired) electrons. The number of Topliss-reactive ketones (excluding diaryl/α,β-unsaturated/α-hetero) is 2. The molecule has 2 atom stereocenters. The summed E-state index contributed by atoms with van der Waals surface area (Å²) in [6, 6.07) is 8.32. The fraction of sp³-hybridized carbons (Fsp3) is 0.545. The molecule has 0 aliphatic carbocycles. The number of benzene rings is 1. The van der Waals surface area contributed by atoms with E-state index in [-0.39, 0.29) is 30.0 Å². The number of rotatable bonds is 13. The SMILES string of the molecule is CCOC(=O)[C@H](CCCC(C)=O)[C@@H](CCCC(C)=O)NC(=O)c1ccccc1. The van der Waals surface area contributed by atoms with Gasteiger partial charge in [-0.05, 0) is 58.6 Å². The third kappa shape index (κ3) is 8.93. The Labute approximate surface area is 167 Å². The first-order valence-corrected chi connectivity index (χ1v) is 9.86. The van der Waals surface area contributed by atoms with Crippen molar-refractivity contribution in [3.63, 3.8) is 0 Å². The van der Waals surface area contributed by atoms with Crippen molar-refractivity contribution in [3.8, 4) is 0 Å². The van der Waals surface area contributed by atoms with E-state index in [1.165, 1.54) is 13.8 Å². The molecule has 0 saturated carbocycles. The lowest BCUT2D eigenvalue weighted by atomic mass is 9.89. The molecule has 0 saturated heterocycles. The lowest BCUT2D eigenvalue weighted by molar-refractivity contribution is -0.149. The maximum atomic E-state index is 12.6. The fourth-order valence-electron chi connectivity index (χ4n) is 3.09. The Morgan fingerprint density at radius 1 is 0.929 bits per heavy atom. The third-order valence-electron chi connectivity index (χ3n) is 4.52. The van der Waals surface area contributed by atoms with Crippen molar-refractivity contribution in [1.29, 1.82) is 0 Å². The molecule has 154 valence electrons. The van der Waals surface area contributed by atoms with Crippen LogP contribution < -0.4 is 5.32 Å². The summed E-state index contributed by atoms with van der Waals surface area (Å²) in [6.07, 6.45) is 2.81. The van der Waals surface area contributed by atoms with Gasteiger partial charge in [-0.25, -0.2) is 0 Å². The molecule has 0 aliphatic heterocycles. The smallest absolute Gasteiger partial charge is 0.311 e. The average molecular weight is 389 g/mol. The lowest BCUT2D eigenvalue weighted by Crippen LogP contribution is -2.44. The number of ketones is 2. The van der Waals surface area contributed by atoms with Crippen LogP contribution in [0, 0.1) is 5.92 Å². The van der Waals surface area contributed by atoms with Crippen LogP contribution in [0.15, 0.2) is 30.3 Å². The van der Waals surface area contributed by atoms with Crippen LogP contribution in [0.25, 0.3) is 0 Å². The van der Waals surface area contributed by atoms with Gasteiger partial charge in [0.2, 0.25) is 0 Å². The number of hydrogen-bond acceptors (Lipinski definition) is 5. The maximum Gasteiger partial charge on any atom is 0.311 e. The number of carbonyl (C=O) groups excluding carboxylic acids is 4. The van der Waals surface area contributed by atoms with Gasteiger partial charge in [-0.15, -0.1) is 0 Å². The highest BCUT2D eigenvalue weighted by Crippen LogP contribution is 2.21. The van der Waals surface area contributed by atoms with Crippen LogP contribution in [-0.4, -0.2) is 36.1 Å². The highest BCUT2D eigenvalue weighted by molar-refractivity contribution is 5.94. The second-order valence-corrected chi connectivity index (χ2v) is 6.99. The Morgan fingerprint density at radius 2 is 1.50 bits per heavy atom. The number of carbonyl (C=O) groups is 4. The average Bonchev–Trinajstić information content (AvgIpc) is 2.65. The molecule has 1 aromatic carbocycles. The predicted octanol–water partition coefficient (Wildman–Crippen LogP) is 3.48. The summed E-state index contributed by atoms with van der Waals surface area (Å²) >= 11 is 0. The molecular weight excluding hydrogens is 358 g/mol. The first kappa shape index (κ1) is 23.5. The van der Waals surface area contributed by atoms with Crippen molar-refractivity contribution in [1.82, 2.24) is 5.32 Å². The predicted molar refractivity (Wildman–Crippen MR) is 107 cm³/mol.